The monoisotopic (exact) mass is 175 g/mol. The molecule has 1 aliphatic carbocycles. The highest BCUT2D eigenvalue weighted by molar-refractivity contribution is 5.78. The minimum absolute atomic E-state index is 0.0514. The van der Waals surface area contributed by atoms with Crippen molar-refractivity contribution in [3.8, 4) is 0 Å². The summed E-state index contributed by atoms with van der Waals surface area (Å²) >= 11 is 0. The van der Waals surface area contributed by atoms with E-state index in [1.54, 1.807) is 4.90 Å². The largest absolute Gasteiger partial charge is 0.339 e. The lowest BCUT2D eigenvalue weighted by Gasteiger charge is -2.34. The lowest BCUT2D eigenvalue weighted by atomic mass is 9.79. The topological polar surface area (TPSA) is 20.1 Å². The number of hydrogen-bond acceptors (Lipinski definition) is 1. The molecule has 2 rings (SSSR count). The Morgan fingerprint density at radius 3 is 2.42 bits per heavy atom. The van der Waals surface area contributed by atoms with Crippen molar-refractivity contribution in [2.45, 2.75) is 25.2 Å². The quantitative estimate of drug-likeness (QED) is 0.578. The van der Waals surface area contributed by atoms with E-state index >= 15 is 0 Å². The van der Waals surface area contributed by atoms with Crippen LogP contribution in [0, 0.1) is 5.92 Å². The molecule has 1 saturated carbocycles. The second kappa shape index (κ2) is 2.41. The van der Waals surface area contributed by atoms with Gasteiger partial charge in [-0.15, -0.1) is 0 Å². The zero-order valence-electron chi connectivity index (χ0n) is 6.72. The Labute approximate surface area is 69.5 Å². The Balaban J connectivity index is 1.72. The zero-order valence-corrected chi connectivity index (χ0v) is 6.72. The summed E-state index contributed by atoms with van der Waals surface area (Å²) in [7, 11) is 0. The minimum Gasteiger partial charge on any atom is -0.339 e. The summed E-state index contributed by atoms with van der Waals surface area (Å²) in [6.45, 7) is 1.64. The highest BCUT2D eigenvalue weighted by atomic mass is 19.3. The summed E-state index contributed by atoms with van der Waals surface area (Å²) in [5.41, 5.74) is 0. The molecule has 0 aromatic rings. The maximum atomic E-state index is 12.3. The molecule has 0 unspecified atom stereocenters. The first-order chi connectivity index (χ1) is 5.57. The predicted molar refractivity (Wildman–Crippen MR) is 38.9 cm³/mol. The van der Waals surface area contributed by atoms with Crippen molar-refractivity contribution in [3.63, 3.8) is 0 Å². The van der Waals surface area contributed by atoms with Crippen molar-refractivity contribution < 1.29 is 13.6 Å². The van der Waals surface area contributed by atoms with Gasteiger partial charge in [0.15, 0.2) is 0 Å². The Morgan fingerprint density at radius 1 is 1.42 bits per heavy atom. The number of rotatable bonds is 2. The lowest BCUT2D eigenvalue weighted by molar-refractivity contribution is -0.137. The van der Waals surface area contributed by atoms with Crippen molar-refractivity contribution in [2.24, 2.45) is 5.92 Å². The van der Waals surface area contributed by atoms with Gasteiger partial charge in [-0.25, -0.2) is 8.78 Å². The SMILES string of the molecule is O=C(CC1CC(F)(F)C1)N1CC1. The van der Waals surface area contributed by atoms with Crippen molar-refractivity contribution in [1.82, 2.24) is 4.90 Å². The third-order valence-electron chi connectivity index (χ3n) is 2.44. The highest BCUT2D eigenvalue weighted by Gasteiger charge is 2.46. The second-order valence-electron chi connectivity index (χ2n) is 3.72. The third-order valence-corrected chi connectivity index (χ3v) is 2.44. The Hall–Kier alpha value is -0.670. The molecule has 1 aliphatic heterocycles. The van der Waals surface area contributed by atoms with Crippen LogP contribution in [0.3, 0.4) is 0 Å². The average molecular weight is 175 g/mol. The lowest BCUT2D eigenvalue weighted by Crippen LogP contribution is -2.37. The zero-order chi connectivity index (χ0) is 8.77. The van der Waals surface area contributed by atoms with Gasteiger partial charge in [0, 0.05) is 32.4 Å². The van der Waals surface area contributed by atoms with Crippen LogP contribution in [0.5, 0.6) is 0 Å². The van der Waals surface area contributed by atoms with Crippen LogP contribution in [-0.4, -0.2) is 29.8 Å². The van der Waals surface area contributed by atoms with Gasteiger partial charge in [0.1, 0.15) is 0 Å². The fourth-order valence-electron chi connectivity index (χ4n) is 1.60. The van der Waals surface area contributed by atoms with E-state index in [0.29, 0.717) is 6.42 Å². The molecule has 2 aliphatic rings. The molecule has 1 heterocycles. The normalized spacial score (nSPS) is 26.7. The highest BCUT2D eigenvalue weighted by Crippen LogP contribution is 2.44. The first-order valence-corrected chi connectivity index (χ1v) is 4.22. The van der Waals surface area contributed by atoms with E-state index in [0.717, 1.165) is 13.1 Å². The summed E-state index contributed by atoms with van der Waals surface area (Å²) in [4.78, 5) is 12.8. The van der Waals surface area contributed by atoms with Gasteiger partial charge in [0.05, 0.1) is 0 Å². The van der Waals surface area contributed by atoms with Gasteiger partial charge >= 0.3 is 0 Å². The standard InChI is InChI=1S/C8H11F2NO/c9-8(10)4-6(5-8)3-7(12)11-1-2-11/h6H,1-5H2. The van der Waals surface area contributed by atoms with E-state index in [4.69, 9.17) is 0 Å². The first-order valence-electron chi connectivity index (χ1n) is 4.22. The maximum absolute atomic E-state index is 12.3. The van der Waals surface area contributed by atoms with Crippen molar-refractivity contribution in [2.75, 3.05) is 13.1 Å². The molecule has 12 heavy (non-hydrogen) atoms. The van der Waals surface area contributed by atoms with E-state index in [2.05, 4.69) is 0 Å². The molecule has 2 fully saturated rings. The van der Waals surface area contributed by atoms with E-state index in [-0.39, 0.29) is 24.7 Å². The van der Waals surface area contributed by atoms with E-state index < -0.39 is 5.92 Å². The molecular weight excluding hydrogens is 164 g/mol. The number of nitrogens with zero attached hydrogens (tertiary/aromatic N) is 1. The summed E-state index contributed by atoms with van der Waals surface area (Å²) < 4.78 is 24.7. The van der Waals surface area contributed by atoms with Crippen LogP contribution >= 0.6 is 0 Å². The second-order valence-corrected chi connectivity index (χ2v) is 3.72. The third kappa shape index (κ3) is 1.57. The molecule has 0 radical (unpaired) electrons. The smallest absolute Gasteiger partial charge is 0.248 e. The van der Waals surface area contributed by atoms with Crippen LogP contribution in [0.1, 0.15) is 19.3 Å². The summed E-state index contributed by atoms with van der Waals surface area (Å²) in [5.74, 6) is -2.49. The van der Waals surface area contributed by atoms with Gasteiger partial charge in [0.2, 0.25) is 11.8 Å². The number of hydrogen-bond donors (Lipinski definition) is 0. The maximum Gasteiger partial charge on any atom is 0.248 e. The van der Waals surface area contributed by atoms with Gasteiger partial charge in [0.25, 0.3) is 0 Å². The van der Waals surface area contributed by atoms with Crippen LogP contribution in [0.2, 0.25) is 0 Å². The Bertz CT molecular complexity index is 205. The van der Waals surface area contributed by atoms with E-state index in [1.807, 2.05) is 0 Å². The van der Waals surface area contributed by atoms with Gasteiger partial charge in [-0.05, 0) is 5.92 Å². The van der Waals surface area contributed by atoms with Crippen LogP contribution in [-0.2, 0) is 4.79 Å². The van der Waals surface area contributed by atoms with Crippen LogP contribution in [0.15, 0.2) is 0 Å². The number of carbonyl (C=O) groups excluding carboxylic acids is 1. The number of amides is 1. The van der Waals surface area contributed by atoms with E-state index in [9.17, 15) is 13.6 Å². The molecule has 2 nitrogen and oxygen atoms in total. The molecule has 68 valence electrons. The average Bonchev–Trinajstić information content (AvgIpc) is 2.62. The molecule has 0 aromatic heterocycles. The van der Waals surface area contributed by atoms with Gasteiger partial charge in [-0.1, -0.05) is 0 Å². The van der Waals surface area contributed by atoms with Gasteiger partial charge < -0.3 is 4.90 Å². The predicted octanol–water partition coefficient (Wildman–Crippen LogP) is 1.26. The van der Waals surface area contributed by atoms with Crippen LogP contribution in [0.4, 0.5) is 8.78 Å². The molecule has 0 aromatic carbocycles. The Morgan fingerprint density at radius 2 is 2.00 bits per heavy atom. The molecule has 4 heteroatoms. The van der Waals surface area contributed by atoms with Crippen LogP contribution in [0.25, 0.3) is 0 Å². The molecule has 0 atom stereocenters. The minimum atomic E-state index is -2.48. The van der Waals surface area contributed by atoms with Crippen molar-refractivity contribution >= 4 is 5.91 Å². The fraction of sp³-hybridized carbons (Fsp3) is 0.875. The molecular formula is C8H11F2NO. The first kappa shape index (κ1) is 7.95. The summed E-state index contributed by atoms with van der Waals surface area (Å²) in [6, 6.07) is 0. The van der Waals surface area contributed by atoms with Gasteiger partial charge in [-0.2, -0.15) is 0 Å². The summed E-state index contributed by atoms with van der Waals surface area (Å²) in [5, 5.41) is 0. The van der Waals surface area contributed by atoms with Crippen molar-refractivity contribution in [3.05, 3.63) is 0 Å². The van der Waals surface area contributed by atoms with Crippen molar-refractivity contribution in [1.29, 1.82) is 0 Å². The number of alkyl halides is 2. The molecule has 1 amide bonds. The Kier molecular flexibility index (Phi) is 1.59. The molecule has 0 bridgehead atoms. The van der Waals surface area contributed by atoms with Crippen LogP contribution < -0.4 is 0 Å². The summed E-state index contributed by atoms with van der Waals surface area (Å²) in [6.07, 6.45) is 0.148. The molecule has 0 N–H and O–H groups in total. The number of halogens is 2. The molecule has 0 spiro atoms. The molecule has 1 saturated heterocycles. The van der Waals surface area contributed by atoms with Gasteiger partial charge in [-0.3, -0.25) is 4.79 Å². The number of carbonyl (C=O) groups is 1. The fourth-order valence-corrected chi connectivity index (χ4v) is 1.60. The van der Waals surface area contributed by atoms with E-state index in [1.165, 1.54) is 0 Å².